The van der Waals surface area contributed by atoms with Crippen molar-refractivity contribution in [2.45, 2.75) is 37.5 Å². The number of benzene rings is 1. The molecule has 8 heteroatoms. The minimum Gasteiger partial charge on any atom is -0.391 e. The maximum atomic E-state index is 13.3. The lowest BCUT2D eigenvalue weighted by Gasteiger charge is -2.10. The molecule has 0 bridgehead atoms. The molecule has 0 aliphatic heterocycles. The Morgan fingerprint density at radius 1 is 1.24 bits per heavy atom. The van der Waals surface area contributed by atoms with E-state index in [2.05, 4.69) is 15.4 Å². The van der Waals surface area contributed by atoms with Gasteiger partial charge in [0.15, 0.2) is 0 Å². The van der Waals surface area contributed by atoms with E-state index in [1.807, 2.05) is 30.3 Å². The summed E-state index contributed by atoms with van der Waals surface area (Å²) in [5.74, 6) is -2.71. The molecule has 2 aromatic heterocycles. The number of aliphatic hydroxyl groups is 1. The molecule has 0 amide bonds. The molecule has 25 heavy (non-hydrogen) atoms. The normalized spacial score (nSPS) is 19.7. The zero-order chi connectivity index (χ0) is 17.4. The van der Waals surface area contributed by atoms with Crippen molar-refractivity contribution < 1.29 is 13.9 Å². The lowest BCUT2D eigenvalue weighted by Crippen LogP contribution is -2.19. The van der Waals surface area contributed by atoms with E-state index in [4.69, 9.17) is 0 Å². The molecule has 6 nitrogen and oxygen atoms in total. The van der Waals surface area contributed by atoms with Crippen molar-refractivity contribution in [2.24, 2.45) is 0 Å². The van der Waals surface area contributed by atoms with Crippen LogP contribution in [0.15, 0.2) is 48.8 Å². The summed E-state index contributed by atoms with van der Waals surface area (Å²) in [7, 11) is 0. The summed E-state index contributed by atoms with van der Waals surface area (Å²) in [6.45, 7) is 0.273. The average molecular weight is 345 g/mol. The zero-order valence-electron chi connectivity index (χ0n) is 13.3. The van der Waals surface area contributed by atoms with Crippen LogP contribution in [0.5, 0.6) is 0 Å². The van der Waals surface area contributed by atoms with Crippen LogP contribution in [-0.2, 0) is 13.0 Å². The predicted octanol–water partition coefficient (Wildman–Crippen LogP) is 2.33. The maximum absolute atomic E-state index is 13.3. The molecular formula is C17H17F2N5O. The van der Waals surface area contributed by atoms with E-state index >= 15 is 0 Å². The second kappa shape index (κ2) is 6.03. The van der Waals surface area contributed by atoms with E-state index in [9.17, 15) is 13.9 Å². The molecule has 1 fully saturated rings. The number of hydrogen-bond donors (Lipinski definition) is 1. The SMILES string of the molecule is O[C@H](Cc1ccccc1)Cn1cc(-c2ccnn2C2CC2(F)F)nn1. The van der Waals surface area contributed by atoms with Crippen molar-refractivity contribution in [1.82, 2.24) is 24.8 Å². The number of aliphatic hydroxyl groups excluding tert-OH is 1. The Bertz CT molecular complexity index is 861. The molecule has 0 spiro atoms. The average Bonchev–Trinajstić information content (AvgIpc) is 2.99. The lowest BCUT2D eigenvalue weighted by molar-refractivity contribution is 0.0986. The summed E-state index contributed by atoms with van der Waals surface area (Å²) in [6, 6.07) is 10.4. The van der Waals surface area contributed by atoms with Crippen LogP contribution in [0.25, 0.3) is 11.4 Å². The highest BCUT2D eigenvalue weighted by Crippen LogP contribution is 2.53. The standard InChI is InChI=1S/C17H17F2N5O/c18-17(19)9-16(17)24-15(6-7-20-24)14-11-23(22-21-14)10-13(25)8-12-4-2-1-3-5-12/h1-7,11,13,16,25H,8-10H2/t13-,16?/m1/s1. The van der Waals surface area contributed by atoms with E-state index in [0.29, 0.717) is 17.8 Å². The summed E-state index contributed by atoms with van der Waals surface area (Å²) >= 11 is 0. The van der Waals surface area contributed by atoms with Gasteiger partial charge in [0.2, 0.25) is 0 Å². The van der Waals surface area contributed by atoms with Gasteiger partial charge in [0, 0.05) is 19.0 Å². The van der Waals surface area contributed by atoms with E-state index in [-0.39, 0.29) is 13.0 Å². The quantitative estimate of drug-likeness (QED) is 0.744. The van der Waals surface area contributed by atoms with E-state index < -0.39 is 18.1 Å². The van der Waals surface area contributed by atoms with Crippen molar-refractivity contribution in [3.8, 4) is 11.4 Å². The highest BCUT2D eigenvalue weighted by molar-refractivity contribution is 5.52. The van der Waals surface area contributed by atoms with Gasteiger partial charge >= 0.3 is 0 Å². The van der Waals surface area contributed by atoms with Crippen LogP contribution in [0.2, 0.25) is 0 Å². The van der Waals surface area contributed by atoms with E-state index in [1.165, 1.54) is 15.6 Å². The molecule has 2 heterocycles. The van der Waals surface area contributed by atoms with Gasteiger partial charge in [-0.05, 0) is 11.6 Å². The first kappa shape index (κ1) is 15.9. The number of halogens is 2. The summed E-state index contributed by atoms with van der Waals surface area (Å²) in [5.41, 5.74) is 2.00. The smallest absolute Gasteiger partial charge is 0.272 e. The van der Waals surface area contributed by atoms with Gasteiger partial charge in [-0.15, -0.1) is 5.10 Å². The highest BCUT2D eigenvalue weighted by atomic mass is 19.3. The Hall–Kier alpha value is -2.61. The Labute approximate surface area is 142 Å². The maximum Gasteiger partial charge on any atom is 0.272 e. The first-order valence-corrected chi connectivity index (χ1v) is 8.07. The monoisotopic (exact) mass is 345 g/mol. The summed E-state index contributed by atoms with van der Waals surface area (Å²) in [6.07, 6.45) is 2.80. The largest absolute Gasteiger partial charge is 0.391 e. The van der Waals surface area contributed by atoms with Gasteiger partial charge in [-0.1, -0.05) is 35.5 Å². The minimum absolute atomic E-state index is 0.203. The summed E-state index contributed by atoms with van der Waals surface area (Å²) in [4.78, 5) is 0. The van der Waals surface area contributed by atoms with Gasteiger partial charge in [0.25, 0.3) is 5.92 Å². The van der Waals surface area contributed by atoms with Gasteiger partial charge in [0.05, 0.1) is 24.5 Å². The number of aromatic nitrogens is 5. The molecule has 1 saturated carbocycles. The number of alkyl halides is 2. The first-order chi connectivity index (χ1) is 12.0. The molecule has 1 aliphatic carbocycles. The van der Waals surface area contributed by atoms with Crippen molar-refractivity contribution >= 4 is 0 Å². The number of hydrogen-bond acceptors (Lipinski definition) is 4. The molecule has 1 aromatic carbocycles. The van der Waals surface area contributed by atoms with E-state index in [0.717, 1.165) is 5.56 Å². The molecular weight excluding hydrogens is 328 g/mol. The van der Waals surface area contributed by atoms with Crippen molar-refractivity contribution in [3.05, 3.63) is 54.4 Å². The molecule has 0 radical (unpaired) electrons. The van der Waals surface area contributed by atoms with Crippen LogP contribution in [0.3, 0.4) is 0 Å². The minimum atomic E-state index is -2.71. The van der Waals surface area contributed by atoms with Crippen LogP contribution >= 0.6 is 0 Å². The molecule has 130 valence electrons. The van der Waals surface area contributed by atoms with Gasteiger partial charge in [0.1, 0.15) is 11.7 Å². The molecule has 0 saturated heterocycles. The van der Waals surface area contributed by atoms with Crippen LogP contribution in [0, 0.1) is 0 Å². The van der Waals surface area contributed by atoms with Crippen LogP contribution < -0.4 is 0 Å². The van der Waals surface area contributed by atoms with Gasteiger partial charge in [-0.2, -0.15) is 5.10 Å². The Morgan fingerprint density at radius 3 is 2.72 bits per heavy atom. The van der Waals surface area contributed by atoms with E-state index in [1.54, 1.807) is 12.3 Å². The first-order valence-electron chi connectivity index (χ1n) is 8.07. The Morgan fingerprint density at radius 2 is 2.00 bits per heavy atom. The number of rotatable bonds is 6. The molecule has 4 rings (SSSR count). The van der Waals surface area contributed by atoms with Crippen LogP contribution in [0.4, 0.5) is 8.78 Å². The third-order valence-electron chi connectivity index (χ3n) is 4.27. The Kier molecular flexibility index (Phi) is 3.84. The van der Waals surface area contributed by atoms with Crippen LogP contribution in [0.1, 0.15) is 18.0 Å². The van der Waals surface area contributed by atoms with Crippen molar-refractivity contribution in [3.63, 3.8) is 0 Å². The molecule has 1 aliphatic rings. The van der Waals surface area contributed by atoms with Crippen LogP contribution in [-0.4, -0.2) is 41.9 Å². The zero-order valence-corrected chi connectivity index (χ0v) is 13.3. The van der Waals surface area contributed by atoms with Crippen molar-refractivity contribution in [1.29, 1.82) is 0 Å². The highest BCUT2D eigenvalue weighted by Gasteiger charge is 2.59. The summed E-state index contributed by atoms with van der Waals surface area (Å²) < 4.78 is 29.4. The fourth-order valence-corrected chi connectivity index (χ4v) is 2.90. The van der Waals surface area contributed by atoms with Gasteiger partial charge in [-0.3, -0.25) is 4.68 Å². The number of nitrogens with zero attached hydrogens (tertiary/aromatic N) is 5. The second-order valence-corrected chi connectivity index (χ2v) is 6.31. The molecule has 2 atom stereocenters. The molecule has 3 aromatic rings. The van der Waals surface area contributed by atoms with Gasteiger partial charge in [-0.25, -0.2) is 13.5 Å². The lowest BCUT2D eigenvalue weighted by atomic mass is 10.1. The topological polar surface area (TPSA) is 68.8 Å². The molecule has 1 unspecified atom stereocenters. The van der Waals surface area contributed by atoms with Gasteiger partial charge < -0.3 is 5.11 Å². The second-order valence-electron chi connectivity index (χ2n) is 6.31. The third-order valence-corrected chi connectivity index (χ3v) is 4.27. The van der Waals surface area contributed by atoms with Crippen molar-refractivity contribution in [2.75, 3.05) is 0 Å². The molecule has 1 N–H and O–H groups in total. The fraction of sp³-hybridized carbons (Fsp3) is 0.353. The summed E-state index contributed by atoms with van der Waals surface area (Å²) in [5, 5.41) is 22.2. The Balaban J connectivity index is 1.45. The third kappa shape index (κ3) is 3.30. The predicted molar refractivity (Wildman–Crippen MR) is 86.0 cm³/mol. The fourth-order valence-electron chi connectivity index (χ4n) is 2.90.